The van der Waals surface area contributed by atoms with E-state index in [0.29, 0.717) is 11.5 Å². The van der Waals surface area contributed by atoms with Crippen molar-refractivity contribution >= 4 is 11.6 Å². The van der Waals surface area contributed by atoms with Crippen molar-refractivity contribution in [2.24, 2.45) is 5.41 Å². The molecule has 1 aromatic carbocycles. The Balaban J connectivity index is 2.72. The third-order valence-electron chi connectivity index (χ3n) is 2.93. The average molecular weight is 268 g/mol. The van der Waals surface area contributed by atoms with Gasteiger partial charge in [-0.05, 0) is 50.3 Å². The Kier molecular flexibility index (Phi) is 4.85. The molecule has 0 heterocycles. The van der Waals surface area contributed by atoms with Crippen LogP contribution in [0.3, 0.4) is 0 Å². The third-order valence-corrected chi connectivity index (χ3v) is 3.16. The van der Waals surface area contributed by atoms with Gasteiger partial charge in [-0.25, -0.2) is 0 Å². The van der Waals surface area contributed by atoms with Gasteiger partial charge in [0.05, 0.1) is 0 Å². The van der Waals surface area contributed by atoms with Gasteiger partial charge in [0, 0.05) is 16.6 Å². The molecule has 0 spiro atoms. The monoisotopic (exact) mass is 267 g/mol. The predicted molar refractivity (Wildman–Crippen MR) is 81.2 cm³/mol. The molecule has 1 rings (SSSR count). The van der Waals surface area contributed by atoms with E-state index in [1.54, 1.807) is 0 Å². The van der Waals surface area contributed by atoms with Crippen LogP contribution in [0.1, 0.15) is 59.6 Å². The van der Waals surface area contributed by atoms with Gasteiger partial charge in [-0.1, -0.05) is 44.5 Å². The Morgan fingerprint density at radius 1 is 1.17 bits per heavy atom. The van der Waals surface area contributed by atoms with Crippen molar-refractivity contribution in [3.63, 3.8) is 0 Å². The van der Waals surface area contributed by atoms with Crippen molar-refractivity contribution in [2.75, 3.05) is 0 Å². The normalized spacial score (nSPS) is 14.6. The highest BCUT2D eigenvalue weighted by molar-refractivity contribution is 6.30. The number of rotatable bonds is 4. The van der Waals surface area contributed by atoms with Gasteiger partial charge in [-0.15, -0.1) is 0 Å². The second-order valence-corrected chi connectivity index (χ2v) is 7.48. The smallest absolute Gasteiger partial charge is 0.0409 e. The zero-order chi connectivity index (χ0) is 14.0. The highest BCUT2D eigenvalue weighted by Crippen LogP contribution is 2.29. The van der Waals surface area contributed by atoms with Crippen molar-refractivity contribution < 1.29 is 0 Å². The molecule has 1 aromatic rings. The molecule has 0 bridgehead atoms. The SMILES string of the molecule is CC(NC(C)(C)CC(C)(C)C)c1cccc(Cl)c1. The van der Waals surface area contributed by atoms with E-state index in [4.69, 9.17) is 11.6 Å². The van der Waals surface area contributed by atoms with Gasteiger partial charge in [-0.3, -0.25) is 0 Å². The molecule has 0 aliphatic carbocycles. The Morgan fingerprint density at radius 3 is 2.28 bits per heavy atom. The summed E-state index contributed by atoms with van der Waals surface area (Å²) in [5.74, 6) is 0. The first-order chi connectivity index (χ1) is 8.09. The second-order valence-electron chi connectivity index (χ2n) is 7.04. The van der Waals surface area contributed by atoms with Crippen molar-refractivity contribution in [1.29, 1.82) is 0 Å². The van der Waals surface area contributed by atoms with E-state index >= 15 is 0 Å². The van der Waals surface area contributed by atoms with Gasteiger partial charge in [0.2, 0.25) is 0 Å². The zero-order valence-electron chi connectivity index (χ0n) is 12.5. The van der Waals surface area contributed by atoms with Gasteiger partial charge in [0.1, 0.15) is 0 Å². The molecule has 0 amide bonds. The van der Waals surface area contributed by atoms with E-state index in [1.807, 2.05) is 18.2 Å². The van der Waals surface area contributed by atoms with Crippen LogP contribution in [0, 0.1) is 5.41 Å². The first kappa shape index (κ1) is 15.5. The van der Waals surface area contributed by atoms with Crippen molar-refractivity contribution in [2.45, 2.75) is 59.5 Å². The molecule has 1 nitrogen and oxygen atoms in total. The van der Waals surface area contributed by atoms with E-state index in [9.17, 15) is 0 Å². The van der Waals surface area contributed by atoms with Crippen LogP contribution < -0.4 is 5.32 Å². The highest BCUT2D eigenvalue weighted by Gasteiger charge is 2.26. The van der Waals surface area contributed by atoms with Crippen LogP contribution in [0.15, 0.2) is 24.3 Å². The summed E-state index contributed by atoms with van der Waals surface area (Å²) < 4.78 is 0. The highest BCUT2D eigenvalue weighted by atomic mass is 35.5. The fourth-order valence-corrected chi connectivity index (χ4v) is 3.02. The summed E-state index contributed by atoms with van der Waals surface area (Å²) in [5.41, 5.74) is 1.68. The molecular weight excluding hydrogens is 242 g/mol. The first-order valence-corrected chi connectivity index (χ1v) is 7.00. The number of benzene rings is 1. The largest absolute Gasteiger partial charge is 0.305 e. The molecule has 0 aliphatic rings. The van der Waals surface area contributed by atoms with Crippen molar-refractivity contribution in [3.05, 3.63) is 34.9 Å². The number of hydrogen-bond donors (Lipinski definition) is 1. The topological polar surface area (TPSA) is 12.0 Å². The maximum Gasteiger partial charge on any atom is 0.0409 e. The number of hydrogen-bond acceptors (Lipinski definition) is 1. The molecule has 102 valence electrons. The maximum absolute atomic E-state index is 6.04. The van der Waals surface area contributed by atoms with E-state index in [-0.39, 0.29) is 5.54 Å². The summed E-state index contributed by atoms with van der Waals surface area (Å²) in [6.45, 7) is 13.6. The first-order valence-electron chi connectivity index (χ1n) is 6.62. The lowest BCUT2D eigenvalue weighted by atomic mass is 9.81. The molecule has 0 aromatic heterocycles. The summed E-state index contributed by atoms with van der Waals surface area (Å²) in [5, 5.41) is 4.50. The quantitative estimate of drug-likeness (QED) is 0.790. The minimum absolute atomic E-state index is 0.111. The van der Waals surface area contributed by atoms with E-state index in [0.717, 1.165) is 11.4 Å². The minimum atomic E-state index is 0.111. The predicted octanol–water partition coefficient (Wildman–Crippen LogP) is 5.21. The molecule has 2 heteroatoms. The van der Waals surface area contributed by atoms with E-state index in [1.165, 1.54) is 5.56 Å². The molecule has 0 fully saturated rings. The Labute approximate surface area is 117 Å². The van der Waals surface area contributed by atoms with E-state index < -0.39 is 0 Å². The van der Waals surface area contributed by atoms with Gasteiger partial charge >= 0.3 is 0 Å². The van der Waals surface area contributed by atoms with Crippen molar-refractivity contribution in [3.8, 4) is 0 Å². The molecular formula is C16H26ClN. The Morgan fingerprint density at radius 2 is 1.78 bits per heavy atom. The molecule has 0 radical (unpaired) electrons. The van der Waals surface area contributed by atoms with Crippen LogP contribution in [-0.4, -0.2) is 5.54 Å². The van der Waals surface area contributed by atoms with Gasteiger partial charge < -0.3 is 5.32 Å². The zero-order valence-corrected chi connectivity index (χ0v) is 13.2. The van der Waals surface area contributed by atoms with Crippen LogP contribution in [0.5, 0.6) is 0 Å². The van der Waals surface area contributed by atoms with Crippen LogP contribution in [-0.2, 0) is 0 Å². The third kappa shape index (κ3) is 5.41. The number of nitrogens with one attached hydrogen (secondary N) is 1. The molecule has 1 unspecified atom stereocenters. The molecule has 1 N–H and O–H groups in total. The summed E-state index contributed by atoms with van der Waals surface area (Å²) >= 11 is 6.04. The maximum atomic E-state index is 6.04. The van der Waals surface area contributed by atoms with Crippen molar-refractivity contribution in [1.82, 2.24) is 5.32 Å². The lowest BCUT2D eigenvalue weighted by Gasteiger charge is -2.36. The van der Waals surface area contributed by atoms with Gasteiger partial charge in [0.25, 0.3) is 0 Å². The molecule has 0 saturated carbocycles. The standard InChI is InChI=1S/C16H26ClN/c1-12(13-8-7-9-14(17)10-13)18-16(5,6)11-15(2,3)4/h7-10,12,18H,11H2,1-6H3. The molecule has 0 aliphatic heterocycles. The van der Waals surface area contributed by atoms with Gasteiger partial charge in [0.15, 0.2) is 0 Å². The second kappa shape index (κ2) is 5.63. The van der Waals surface area contributed by atoms with Crippen LogP contribution in [0.2, 0.25) is 5.02 Å². The van der Waals surface area contributed by atoms with Crippen LogP contribution >= 0.6 is 11.6 Å². The molecule has 0 saturated heterocycles. The lowest BCUT2D eigenvalue weighted by Crippen LogP contribution is -2.43. The van der Waals surface area contributed by atoms with Crippen LogP contribution in [0.4, 0.5) is 0 Å². The number of halogens is 1. The van der Waals surface area contributed by atoms with E-state index in [2.05, 4.69) is 52.9 Å². The molecule has 18 heavy (non-hydrogen) atoms. The summed E-state index contributed by atoms with van der Waals surface area (Å²) in [6.07, 6.45) is 1.13. The van der Waals surface area contributed by atoms with Crippen LogP contribution in [0.25, 0.3) is 0 Å². The summed E-state index contributed by atoms with van der Waals surface area (Å²) in [7, 11) is 0. The fraction of sp³-hybridized carbons (Fsp3) is 0.625. The lowest BCUT2D eigenvalue weighted by molar-refractivity contribution is 0.227. The average Bonchev–Trinajstić information content (AvgIpc) is 2.12. The molecule has 1 atom stereocenters. The Hall–Kier alpha value is -0.530. The Bertz CT molecular complexity index is 390. The fourth-order valence-electron chi connectivity index (χ4n) is 2.82. The summed E-state index contributed by atoms with van der Waals surface area (Å²) in [6, 6.07) is 8.38. The minimum Gasteiger partial charge on any atom is -0.305 e. The van der Waals surface area contributed by atoms with Gasteiger partial charge in [-0.2, -0.15) is 0 Å². The summed E-state index contributed by atoms with van der Waals surface area (Å²) in [4.78, 5) is 0.